The van der Waals surface area contributed by atoms with E-state index in [0.29, 0.717) is 42.8 Å². The average molecular weight is 449 g/mol. The lowest BCUT2D eigenvalue weighted by Gasteiger charge is -2.27. The summed E-state index contributed by atoms with van der Waals surface area (Å²) in [7, 11) is 0. The molecule has 2 heterocycles. The average Bonchev–Trinajstić information content (AvgIpc) is 2.95. The van der Waals surface area contributed by atoms with Gasteiger partial charge < -0.3 is 5.73 Å². The molecule has 8 heteroatoms. The third-order valence-corrected chi connectivity index (χ3v) is 5.88. The van der Waals surface area contributed by atoms with Gasteiger partial charge in [-0.1, -0.05) is 35.3 Å². The molecule has 5 nitrogen and oxygen atoms in total. The summed E-state index contributed by atoms with van der Waals surface area (Å²) in [5.41, 5.74) is 9.44. The maximum atomic E-state index is 13.7. The van der Waals surface area contributed by atoms with Gasteiger partial charge in [0.1, 0.15) is 5.82 Å². The SMILES string of the molecule is NCCn1c2c(c(=O)n1Cc1ccc(Cl)cc1)CN(Cc1cc(F)cc(Cl)c1)CC2. The standard InChI is InChI=1S/C22H23Cl2FN4O/c23-17-3-1-15(2-4-17)13-29-22(30)20-14-27(7-5-21(20)28(29)8-6-26)12-16-9-18(24)11-19(25)10-16/h1-4,9-11H,5-8,12-14,26H2. The van der Waals surface area contributed by atoms with Gasteiger partial charge in [-0.2, -0.15) is 0 Å². The summed E-state index contributed by atoms with van der Waals surface area (Å²) in [5, 5.41) is 1.04. The molecule has 0 radical (unpaired) electrons. The van der Waals surface area contributed by atoms with E-state index in [1.54, 1.807) is 10.7 Å². The van der Waals surface area contributed by atoms with Crippen LogP contribution in [0.5, 0.6) is 0 Å². The maximum Gasteiger partial charge on any atom is 0.271 e. The third kappa shape index (κ3) is 4.47. The number of fused-ring (bicyclic) bond motifs is 1. The van der Waals surface area contributed by atoms with Crippen LogP contribution in [0.4, 0.5) is 4.39 Å². The van der Waals surface area contributed by atoms with Gasteiger partial charge in [0.25, 0.3) is 5.56 Å². The van der Waals surface area contributed by atoms with Crippen LogP contribution >= 0.6 is 23.2 Å². The predicted molar refractivity (Wildman–Crippen MR) is 118 cm³/mol. The zero-order valence-corrected chi connectivity index (χ0v) is 18.0. The Balaban J connectivity index is 1.62. The van der Waals surface area contributed by atoms with E-state index < -0.39 is 0 Å². The van der Waals surface area contributed by atoms with Crippen molar-refractivity contribution in [1.29, 1.82) is 0 Å². The van der Waals surface area contributed by atoms with E-state index in [1.165, 1.54) is 12.1 Å². The molecule has 0 unspecified atom stereocenters. The number of hydrogen-bond acceptors (Lipinski definition) is 3. The van der Waals surface area contributed by atoms with Gasteiger partial charge in [0.2, 0.25) is 0 Å². The Morgan fingerprint density at radius 1 is 0.967 bits per heavy atom. The lowest BCUT2D eigenvalue weighted by atomic mass is 10.1. The molecule has 0 amide bonds. The molecule has 1 aliphatic heterocycles. The van der Waals surface area contributed by atoms with Crippen LogP contribution in [-0.2, 0) is 32.6 Å². The fraction of sp³-hybridized carbons (Fsp3) is 0.318. The van der Waals surface area contributed by atoms with Crippen molar-refractivity contribution in [2.24, 2.45) is 5.73 Å². The minimum atomic E-state index is -0.352. The minimum absolute atomic E-state index is 0.00428. The van der Waals surface area contributed by atoms with Gasteiger partial charge in [0.15, 0.2) is 0 Å². The van der Waals surface area contributed by atoms with Gasteiger partial charge in [-0.25, -0.2) is 9.07 Å². The highest BCUT2D eigenvalue weighted by Crippen LogP contribution is 2.22. The Bertz CT molecular complexity index is 1090. The molecule has 4 rings (SSSR count). The fourth-order valence-electron chi connectivity index (χ4n) is 4.09. The lowest BCUT2D eigenvalue weighted by Crippen LogP contribution is -2.32. The Kier molecular flexibility index (Phi) is 6.29. The van der Waals surface area contributed by atoms with Crippen molar-refractivity contribution in [2.45, 2.75) is 32.6 Å². The molecule has 1 aliphatic rings. The van der Waals surface area contributed by atoms with Gasteiger partial charge in [-0.05, 0) is 41.5 Å². The fourth-order valence-corrected chi connectivity index (χ4v) is 4.46. The van der Waals surface area contributed by atoms with Crippen molar-refractivity contribution in [2.75, 3.05) is 13.1 Å². The molecule has 0 saturated carbocycles. The maximum absolute atomic E-state index is 13.7. The largest absolute Gasteiger partial charge is 0.329 e. The predicted octanol–water partition coefficient (Wildman–Crippen LogP) is 3.66. The second kappa shape index (κ2) is 8.94. The van der Waals surface area contributed by atoms with E-state index in [1.807, 2.05) is 28.9 Å². The Morgan fingerprint density at radius 3 is 2.43 bits per heavy atom. The molecule has 0 aliphatic carbocycles. The first kappa shape index (κ1) is 21.1. The number of halogens is 3. The van der Waals surface area contributed by atoms with Crippen LogP contribution in [0.25, 0.3) is 0 Å². The van der Waals surface area contributed by atoms with Crippen molar-refractivity contribution < 1.29 is 4.39 Å². The highest BCUT2D eigenvalue weighted by Gasteiger charge is 2.26. The molecule has 0 bridgehead atoms. The molecule has 1 aromatic heterocycles. The molecule has 2 N–H and O–H groups in total. The Labute approximate surface area is 184 Å². The van der Waals surface area contributed by atoms with Crippen LogP contribution in [-0.4, -0.2) is 27.4 Å². The van der Waals surface area contributed by atoms with Crippen LogP contribution in [0.15, 0.2) is 47.3 Å². The minimum Gasteiger partial charge on any atom is -0.329 e. The summed E-state index contributed by atoms with van der Waals surface area (Å²) in [6, 6.07) is 12.0. The van der Waals surface area contributed by atoms with Crippen LogP contribution in [0.3, 0.4) is 0 Å². The highest BCUT2D eigenvalue weighted by molar-refractivity contribution is 6.30. The second-order valence-corrected chi connectivity index (χ2v) is 8.44. The summed E-state index contributed by atoms with van der Waals surface area (Å²) in [6.45, 7) is 3.32. The smallest absolute Gasteiger partial charge is 0.271 e. The molecular formula is C22H23Cl2FN4O. The normalized spacial score (nSPS) is 14.1. The lowest BCUT2D eigenvalue weighted by molar-refractivity contribution is 0.241. The monoisotopic (exact) mass is 448 g/mol. The molecule has 0 fully saturated rings. The molecular weight excluding hydrogens is 426 g/mol. The van der Waals surface area contributed by atoms with Crippen LogP contribution in [0, 0.1) is 5.82 Å². The number of benzene rings is 2. The molecule has 2 aromatic carbocycles. The molecule has 3 aromatic rings. The Hall–Kier alpha value is -2.12. The summed E-state index contributed by atoms with van der Waals surface area (Å²) < 4.78 is 17.5. The van der Waals surface area contributed by atoms with Gasteiger partial charge >= 0.3 is 0 Å². The quantitative estimate of drug-likeness (QED) is 0.625. The first-order valence-electron chi connectivity index (χ1n) is 9.88. The van der Waals surface area contributed by atoms with E-state index >= 15 is 0 Å². The summed E-state index contributed by atoms with van der Waals surface area (Å²) >= 11 is 12.0. The molecule has 30 heavy (non-hydrogen) atoms. The molecule has 0 saturated heterocycles. The van der Waals surface area contributed by atoms with E-state index in [4.69, 9.17) is 28.9 Å². The topological polar surface area (TPSA) is 56.2 Å². The third-order valence-electron chi connectivity index (χ3n) is 5.41. The molecule has 158 valence electrons. The number of nitrogens with two attached hydrogens (primary N) is 1. The summed E-state index contributed by atoms with van der Waals surface area (Å²) in [6.07, 6.45) is 0.737. The number of rotatable bonds is 6. The Morgan fingerprint density at radius 2 is 1.73 bits per heavy atom. The van der Waals surface area contributed by atoms with Crippen molar-refractivity contribution >= 4 is 23.2 Å². The van der Waals surface area contributed by atoms with Crippen molar-refractivity contribution in [3.63, 3.8) is 0 Å². The highest BCUT2D eigenvalue weighted by atomic mass is 35.5. The van der Waals surface area contributed by atoms with Crippen molar-refractivity contribution in [1.82, 2.24) is 14.3 Å². The first-order valence-corrected chi connectivity index (χ1v) is 10.6. The van der Waals surface area contributed by atoms with Gasteiger partial charge in [0, 0.05) is 48.3 Å². The first-order chi connectivity index (χ1) is 14.4. The van der Waals surface area contributed by atoms with E-state index in [9.17, 15) is 9.18 Å². The van der Waals surface area contributed by atoms with Gasteiger partial charge in [-0.3, -0.25) is 14.4 Å². The van der Waals surface area contributed by atoms with Crippen molar-refractivity contribution in [3.8, 4) is 0 Å². The number of hydrogen-bond donors (Lipinski definition) is 1. The zero-order chi connectivity index (χ0) is 21.3. The second-order valence-electron chi connectivity index (χ2n) is 7.56. The van der Waals surface area contributed by atoms with E-state index in [0.717, 1.165) is 35.3 Å². The van der Waals surface area contributed by atoms with Crippen LogP contribution in [0.1, 0.15) is 22.4 Å². The number of aromatic nitrogens is 2. The molecule has 0 atom stereocenters. The van der Waals surface area contributed by atoms with Gasteiger partial charge in [0.05, 0.1) is 18.7 Å². The van der Waals surface area contributed by atoms with Crippen LogP contribution in [0.2, 0.25) is 10.0 Å². The van der Waals surface area contributed by atoms with Crippen LogP contribution < -0.4 is 11.3 Å². The summed E-state index contributed by atoms with van der Waals surface area (Å²) in [4.78, 5) is 15.4. The summed E-state index contributed by atoms with van der Waals surface area (Å²) in [5.74, 6) is -0.352. The van der Waals surface area contributed by atoms with E-state index in [-0.39, 0.29) is 11.4 Å². The van der Waals surface area contributed by atoms with Gasteiger partial charge in [-0.15, -0.1) is 0 Å². The molecule has 0 spiro atoms. The number of nitrogens with zero attached hydrogens (tertiary/aromatic N) is 3. The zero-order valence-electron chi connectivity index (χ0n) is 16.5. The van der Waals surface area contributed by atoms with E-state index in [2.05, 4.69) is 4.90 Å². The van der Waals surface area contributed by atoms with Crippen molar-refractivity contribution in [3.05, 3.63) is 91.1 Å².